The van der Waals surface area contributed by atoms with Crippen LogP contribution in [-0.4, -0.2) is 38.0 Å². The summed E-state index contributed by atoms with van der Waals surface area (Å²) < 4.78 is 16.5. The molecule has 8 heteroatoms. The lowest BCUT2D eigenvalue weighted by molar-refractivity contribution is -0.122. The van der Waals surface area contributed by atoms with Crippen molar-refractivity contribution < 1.29 is 23.8 Å². The fourth-order valence-corrected chi connectivity index (χ4v) is 4.72. The first-order valence-electron chi connectivity index (χ1n) is 10.5. The quantitative estimate of drug-likeness (QED) is 0.512. The van der Waals surface area contributed by atoms with E-state index in [1.165, 1.54) is 7.11 Å². The zero-order valence-corrected chi connectivity index (χ0v) is 19.6. The van der Waals surface area contributed by atoms with Crippen LogP contribution >= 0.6 is 11.3 Å². The summed E-state index contributed by atoms with van der Waals surface area (Å²) in [5.41, 5.74) is 2.34. The largest absolute Gasteiger partial charge is 0.493 e. The molecule has 1 aliphatic rings. The summed E-state index contributed by atoms with van der Waals surface area (Å²) in [6.45, 7) is 0.876. The molecule has 2 aromatic carbocycles. The van der Waals surface area contributed by atoms with Crippen molar-refractivity contribution in [3.8, 4) is 17.2 Å². The molecule has 1 atom stereocenters. The Hall–Kier alpha value is -3.52. The number of rotatable bonds is 9. The number of nitrogens with one attached hydrogen (secondary N) is 1. The molecule has 2 heterocycles. The van der Waals surface area contributed by atoms with Crippen molar-refractivity contribution in [2.45, 2.75) is 25.6 Å². The summed E-state index contributed by atoms with van der Waals surface area (Å²) >= 11 is 1.59. The summed E-state index contributed by atoms with van der Waals surface area (Å²) in [6.07, 6.45) is 0.101. The van der Waals surface area contributed by atoms with Gasteiger partial charge in [0.15, 0.2) is 11.5 Å². The Morgan fingerprint density at radius 2 is 1.79 bits per heavy atom. The maximum absolute atomic E-state index is 13.3. The molecule has 0 bridgehead atoms. The Labute approximate surface area is 196 Å². The minimum Gasteiger partial charge on any atom is -0.493 e. The van der Waals surface area contributed by atoms with E-state index in [2.05, 4.69) is 5.32 Å². The van der Waals surface area contributed by atoms with Gasteiger partial charge in [0.25, 0.3) is 5.91 Å². The highest BCUT2D eigenvalue weighted by Crippen LogP contribution is 2.42. The van der Waals surface area contributed by atoms with Gasteiger partial charge < -0.3 is 24.4 Å². The van der Waals surface area contributed by atoms with E-state index in [0.717, 1.165) is 16.0 Å². The molecule has 1 aromatic heterocycles. The van der Waals surface area contributed by atoms with Crippen molar-refractivity contribution in [1.29, 1.82) is 0 Å². The molecule has 0 fully saturated rings. The Morgan fingerprint density at radius 1 is 1.06 bits per heavy atom. The molecule has 0 radical (unpaired) electrons. The molecular weight excluding hydrogens is 440 g/mol. The Kier molecular flexibility index (Phi) is 6.84. The van der Waals surface area contributed by atoms with Gasteiger partial charge in [-0.25, -0.2) is 0 Å². The van der Waals surface area contributed by atoms with E-state index in [0.29, 0.717) is 35.9 Å². The first-order chi connectivity index (χ1) is 16.0. The summed E-state index contributed by atoms with van der Waals surface area (Å²) in [6, 6.07) is 14.5. The maximum atomic E-state index is 13.3. The third-order valence-corrected chi connectivity index (χ3v) is 6.59. The first kappa shape index (κ1) is 22.7. The van der Waals surface area contributed by atoms with Crippen LogP contribution in [0.15, 0.2) is 53.9 Å². The van der Waals surface area contributed by atoms with Crippen molar-refractivity contribution in [1.82, 2.24) is 10.2 Å². The van der Waals surface area contributed by atoms with Crippen LogP contribution in [0.25, 0.3) is 0 Å². The van der Waals surface area contributed by atoms with Gasteiger partial charge in [-0.2, -0.15) is 0 Å². The number of ether oxygens (including phenoxy) is 3. The van der Waals surface area contributed by atoms with E-state index in [1.807, 2.05) is 41.8 Å². The predicted octanol–water partition coefficient (Wildman–Crippen LogP) is 4.18. The van der Waals surface area contributed by atoms with Crippen LogP contribution in [0.4, 0.5) is 0 Å². The van der Waals surface area contributed by atoms with Gasteiger partial charge in [0.1, 0.15) is 0 Å². The Morgan fingerprint density at radius 3 is 2.39 bits per heavy atom. The number of hydrogen-bond donors (Lipinski definition) is 1. The molecule has 7 nitrogen and oxygen atoms in total. The molecule has 0 spiro atoms. The van der Waals surface area contributed by atoms with E-state index < -0.39 is 6.04 Å². The SMILES string of the molecule is COc1cc([C@H](CC(=O)NCc2cccs2)N2Cc3ccccc3C2=O)cc(OC)c1OC. The number of amides is 2. The van der Waals surface area contributed by atoms with Crippen molar-refractivity contribution >= 4 is 23.2 Å². The van der Waals surface area contributed by atoms with Gasteiger partial charge >= 0.3 is 0 Å². The number of nitrogens with zero attached hydrogens (tertiary/aromatic N) is 1. The lowest BCUT2D eigenvalue weighted by Gasteiger charge is -2.29. The second-order valence-electron chi connectivity index (χ2n) is 7.62. The minimum absolute atomic E-state index is 0.101. The number of thiophene rings is 1. The van der Waals surface area contributed by atoms with Crippen LogP contribution in [0.2, 0.25) is 0 Å². The van der Waals surface area contributed by atoms with Crippen molar-refractivity contribution in [3.05, 3.63) is 75.5 Å². The minimum atomic E-state index is -0.512. The molecular formula is C25H26N2O5S. The van der Waals surface area contributed by atoms with Crippen LogP contribution in [-0.2, 0) is 17.9 Å². The summed E-state index contributed by atoms with van der Waals surface area (Å²) in [7, 11) is 4.62. The van der Waals surface area contributed by atoms with Gasteiger partial charge in [-0.15, -0.1) is 11.3 Å². The fourth-order valence-electron chi connectivity index (χ4n) is 4.08. The zero-order valence-electron chi connectivity index (χ0n) is 18.8. The Bertz CT molecular complexity index is 1120. The molecule has 172 valence electrons. The molecule has 2 amide bonds. The van der Waals surface area contributed by atoms with E-state index in [4.69, 9.17) is 14.2 Å². The third kappa shape index (κ3) is 4.66. The number of carbonyl (C=O) groups is 2. The van der Waals surface area contributed by atoms with Crippen LogP contribution in [0, 0.1) is 0 Å². The lowest BCUT2D eigenvalue weighted by Crippen LogP contribution is -2.34. The van der Waals surface area contributed by atoms with E-state index >= 15 is 0 Å². The van der Waals surface area contributed by atoms with E-state index in [-0.39, 0.29) is 18.2 Å². The second-order valence-corrected chi connectivity index (χ2v) is 8.66. The molecule has 1 N–H and O–H groups in total. The molecule has 33 heavy (non-hydrogen) atoms. The zero-order chi connectivity index (χ0) is 23.4. The number of methoxy groups -OCH3 is 3. The van der Waals surface area contributed by atoms with Crippen LogP contribution in [0.3, 0.4) is 0 Å². The summed E-state index contributed by atoms with van der Waals surface area (Å²) in [4.78, 5) is 29.0. The number of fused-ring (bicyclic) bond motifs is 1. The van der Waals surface area contributed by atoms with Gasteiger partial charge in [0.2, 0.25) is 11.7 Å². The van der Waals surface area contributed by atoms with Gasteiger partial charge in [0.05, 0.1) is 40.3 Å². The van der Waals surface area contributed by atoms with Crippen LogP contribution in [0.5, 0.6) is 17.2 Å². The molecule has 1 aliphatic heterocycles. The topological polar surface area (TPSA) is 77.1 Å². The van der Waals surface area contributed by atoms with Crippen molar-refractivity contribution in [3.63, 3.8) is 0 Å². The average molecular weight is 467 g/mol. The smallest absolute Gasteiger partial charge is 0.255 e. The van der Waals surface area contributed by atoms with Crippen molar-refractivity contribution in [2.75, 3.05) is 21.3 Å². The van der Waals surface area contributed by atoms with Crippen LogP contribution in [0.1, 0.15) is 38.8 Å². The molecule has 0 saturated carbocycles. The van der Waals surface area contributed by atoms with E-state index in [1.54, 1.807) is 42.6 Å². The number of hydrogen-bond acceptors (Lipinski definition) is 6. The standard InChI is InChI=1S/C25H26N2O5S/c1-30-21-11-17(12-22(31-2)24(21)32-3)20(13-23(28)26-14-18-8-6-10-33-18)27-15-16-7-4-5-9-19(16)25(27)29/h4-12,20H,13-15H2,1-3H3,(H,26,28)/t20-/m0/s1. The highest BCUT2D eigenvalue weighted by molar-refractivity contribution is 7.09. The highest BCUT2D eigenvalue weighted by atomic mass is 32.1. The van der Waals surface area contributed by atoms with Gasteiger partial charge in [-0.3, -0.25) is 9.59 Å². The average Bonchev–Trinajstić information content (AvgIpc) is 3.48. The summed E-state index contributed by atoms with van der Waals surface area (Å²) in [5, 5.41) is 4.94. The molecule has 0 unspecified atom stereocenters. The lowest BCUT2D eigenvalue weighted by atomic mass is 10.00. The number of carbonyl (C=O) groups excluding carboxylic acids is 2. The van der Waals surface area contributed by atoms with Gasteiger partial charge in [0, 0.05) is 17.0 Å². The van der Waals surface area contributed by atoms with Crippen LogP contribution < -0.4 is 19.5 Å². The first-order valence-corrected chi connectivity index (χ1v) is 11.4. The predicted molar refractivity (Wildman–Crippen MR) is 126 cm³/mol. The molecule has 4 rings (SSSR count). The number of benzene rings is 2. The summed E-state index contributed by atoms with van der Waals surface area (Å²) in [5.74, 6) is 1.15. The molecule has 0 aliphatic carbocycles. The second kappa shape index (κ2) is 9.95. The normalized spacial score (nSPS) is 13.4. The van der Waals surface area contributed by atoms with Gasteiger partial charge in [-0.1, -0.05) is 24.3 Å². The van der Waals surface area contributed by atoms with Gasteiger partial charge in [-0.05, 0) is 40.8 Å². The van der Waals surface area contributed by atoms with Crippen molar-refractivity contribution in [2.24, 2.45) is 0 Å². The monoisotopic (exact) mass is 466 g/mol. The Balaban J connectivity index is 1.67. The third-order valence-electron chi connectivity index (χ3n) is 5.72. The highest BCUT2D eigenvalue weighted by Gasteiger charge is 2.35. The molecule has 0 saturated heterocycles. The maximum Gasteiger partial charge on any atom is 0.255 e. The molecule has 3 aromatic rings. The fraction of sp³-hybridized carbons (Fsp3) is 0.280. The van der Waals surface area contributed by atoms with E-state index in [9.17, 15) is 9.59 Å².